The maximum Gasteiger partial charge on any atom is 0.251 e. The predicted molar refractivity (Wildman–Crippen MR) is 95.8 cm³/mol. The number of imidazole rings is 1. The number of nitrogens with zero attached hydrogens (tertiary/aromatic N) is 4. The molecule has 3 heterocycles. The largest absolute Gasteiger partial charge is 0.352 e. The van der Waals surface area contributed by atoms with E-state index in [4.69, 9.17) is 0 Å². The average molecular weight is 351 g/mol. The maximum absolute atomic E-state index is 13.9. The molecule has 7 heteroatoms. The van der Waals surface area contributed by atoms with Crippen LogP contribution in [0.5, 0.6) is 0 Å². The highest BCUT2D eigenvalue weighted by Crippen LogP contribution is 2.21. The van der Waals surface area contributed by atoms with Crippen LogP contribution in [0, 0.1) is 5.82 Å². The van der Waals surface area contributed by atoms with Gasteiger partial charge >= 0.3 is 0 Å². The molecule has 1 fully saturated rings. The fourth-order valence-corrected chi connectivity index (χ4v) is 3.17. The van der Waals surface area contributed by atoms with E-state index >= 15 is 0 Å². The molecule has 132 valence electrons. The van der Waals surface area contributed by atoms with E-state index < -0.39 is 0 Å². The first kappa shape index (κ1) is 16.3. The molecule has 6 nitrogen and oxygen atoms in total. The third kappa shape index (κ3) is 3.28. The number of hydrogen-bond acceptors (Lipinski definition) is 4. The number of halogens is 1. The molecule has 1 saturated heterocycles. The van der Waals surface area contributed by atoms with Crippen molar-refractivity contribution in [3.05, 3.63) is 72.7 Å². The molecule has 4 rings (SSSR count). The first-order valence-electron chi connectivity index (χ1n) is 8.45. The summed E-state index contributed by atoms with van der Waals surface area (Å²) in [5, 5.41) is 3.03. The Morgan fingerprint density at radius 2 is 2.15 bits per heavy atom. The van der Waals surface area contributed by atoms with Gasteiger partial charge < -0.3 is 14.8 Å². The highest BCUT2D eigenvalue weighted by Gasteiger charge is 2.26. The van der Waals surface area contributed by atoms with Crippen molar-refractivity contribution in [2.75, 3.05) is 18.0 Å². The molecule has 1 N–H and O–H groups in total. The zero-order chi connectivity index (χ0) is 17.9. The summed E-state index contributed by atoms with van der Waals surface area (Å²) < 4.78 is 15.7. The minimum absolute atomic E-state index is 0.0409. The van der Waals surface area contributed by atoms with Crippen molar-refractivity contribution in [2.24, 2.45) is 0 Å². The Morgan fingerprint density at radius 3 is 2.96 bits per heavy atom. The molecule has 3 aromatic rings. The number of aromatic nitrogens is 3. The number of rotatable bonds is 4. The first-order chi connectivity index (χ1) is 12.7. The van der Waals surface area contributed by atoms with Crippen LogP contribution >= 0.6 is 0 Å². The molecular formula is C19H18FN5O. The highest BCUT2D eigenvalue weighted by molar-refractivity contribution is 5.95. The SMILES string of the molecule is O=C(N[C@@H]1CCN(c2ncccc2F)C1)c1cccc(-n2ccnc2)c1. The first-order valence-corrected chi connectivity index (χ1v) is 8.45. The fourth-order valence-electron chi connectivity index (χ4n) is 3.17. The van der Waals surface area contributed by atoms with Crippen LogP contribution in [-0.4, -0.2) is 39.6 Å². The lowest BCUT2D eigenvalue weighted by atomic mass is 10.1. The number of nitrogens with one attached hydrogen (secondary N) is 1. The van der Waals surface area contributed by atoms with Gasteiger partial charge in [0.15, 0.2) is 11.6 Å². The summed E-state index contributed by atoms with van der Waals surface area (Å²) >= 11 is 0. The van der Waals surface area contributed by atoms with Crippen molar-refractivity contribution in [1.82, 2.24) is 19.9 Å². The van der Waals surface area contributed by atoms with Crippen LogP contribution in [0.1, 0.15) is 16.8 Å². The van der Waals surface area contributed by atoms with E-state index in [-0.39, 0.29) is 17.8 Å². The van der Waals surface area contributed by atoms with Crippen LogP contribution in [0.3, 0.4) is 0 Å². The maximum atomic E-state index is 13.9. The van der Waals surface area contributed by atoms with Gasteiger partial charge in [-0.3, -0.25) is 4.79 Å². The zero-order valence-corrected chi connectivity index (χ0v) is 14.0. The third-order valence-electron chi connectivity index (χ3n) is 4.47. The molecule has 0 bridgehead atoms. The van der Waals surface area contributed by atoms with Gasteiger partial charge in [-0.15, -0.1) is 0 Å². The van der Waals surface area contributed by atoms with Gasteiger partial charge in [-0.05, 0) is 36.8 Å². The monoisotopic (exact) mass is 351 g/mol. The summed E-state index contributed by atoms with van der Waals surface area (Å²) in [6, 6.07) is 10.3. The van der Waals surface area contributed by atoms with Gasteiger partial charge in [-0.1, -0.05) is 6.07 Å². The van der Waals surface area contributed by atoms with Gasteiger partial charge in [0.1, 0.15) is 0 Å². The van der Waals surface area contributed by atoms with Crippen LogP contribution in [0.4, 0.5) is 10.2 Å². The van der Waals surface area contributed by atoms with Crippen molar-refractivity contribution >= 4 is 11.7 Å². The Kier molecular flexibility index (Phi) is 4.35. The predicted octanol–water partition coefficient (Wildman–Crippen LogP) is 2.42. The lowest BCUT2D eigenvalue weighted by Gasteiger charge is -2.18. The molecule has 0 unspecified atom stereocenters. The van der Waals surface area contributed by atoms with Crippen LogP contribution < -0.4 is 10.2 Å². The molecule has 2 aromatic heterocycles. The second-order valence-corrected chi connectivity index (χ2v) is 6.23. The van der Waals surface area contributed by atoms with E-state index in [9.17, 15) is 9.18 Å². The van der Waals surface area contributed by atoms with Crippen LogP contribution in [0.25, 0.3) is 5.69 Å². The van der Waals surface area contributed by atoms with E-state index in [2.05, 4.69) is 15.3 Å². The Hall–Kier alpha value is -3.22. The number of hydrogen-bond donors (Lipinski definition) is 1. The Morgan fingerprint density at radius 1 is 1.23 bits per heavy atom. The molecule has 0 saturated carbocycles. The Labute approximate surface area is 150 Å². The minimum Gasteiger partial charge on any atom is -0.352 e. The number of anilines is 1. The molecule has 1 aliphatic heterocycles. The number of benzene rings is 1. The number of carbonyl (C=O) groups is 1. The van der Waals surface area contributed by atoms with Crippen molar-refractivity contribution in [3.8, 4) is 5.69 Å². The fraction of sp³-hybridized carbons (Fsp3) is 0.211. The number of carbonyl (C=O) groups excluding carboxylic acids is 1. The highest BCUT2D eigenvalue weighted by atomic mass is 19.1. The minimum atomic E-state index is -0.340. The lowest BCUT2D eigenvalue weighted by Crippen LogP contribution is -2.37. The molecule has 1 aromatic carbocycles. The van der Waals surface area contributed by atoms with Crippen molar-refractivity contribution < 1.29 is 9.18 Å². The second-order valence-electron chi connectivity index (χ2n) is 6.23. The van der Waals surface area contributed by atoms with Gasteiger partial charge in [-0.25, -0.2) is 14.4 Å². The van der Waals surface area contributed by atoms with E-state index in [1.807, 2.05) is 33.9 Å². The topological polar surface area (TPSA) is 63.1 Å². The van der Waals surface area contributed by atoms with E-state index in [0.29, 0.717) is 24.5 Å². The van der Waals surface area contributed by atoms with Crippen LogP contribution in [0.2, 0.25) is 0 Å². The van der Waals surface area contributed by atoms with E-state index in [1.165, 1.54) is 6.07 Å². The smallest absolute Gasteiger partial charge is 0.251 e. The summed E-state index contributed by atoms with van der Waals surface area (Å²) in [6.45, 7) is 1.20. The normalized spacial score (nSPS) is 16.7. The summed E-state index contributed by atoms with van der Waals surface area (Å²) in [6.07, 6.45) is 7.53. The standard InChI is InChI=1S/C19H18FN5O/c20-17-5-2-7-22-18(17)24-9-6-15(12-24)23-19(26)14-3-1-4-16(11-14)25-10-8-21-13-25/h1-5,7-8,10-11,13,15H,6,9,12H2,(H,23,26)/t15-/m1/s1. The zero-order valence-electron chi connectivity index (χ0n) is 14.0. The number of pyridine rings is 1. The summed E-state index contributed by atoms with van der Waals surface area (Å²) in [5.41, 5.74) is 1.46. The van der Waals surface area contributed by atoms with Crippen molar-refractivity contribution in [3.63, 3.8) is 0 Å². The van der Waals surface area contributed by atoms with Gasteiger partial charge in [0, 0.05) is 49.0 Å². The second kappa shape index (κ2) is 6.95. The van der Waals surface area contributed by atoms with Crippen molar-refractivity contribution in [2.45, 2.75) is 12.5 Å². The van der Waals surface area contributed by atoms with Crippen molar-refractivity contribution in [1.29, 1.82) is 0 Å². The van der Waals surface area contributed by atoms with Crippen LogP contribution in [0.15, 0.2) is 61.3 Å². The number of amides is 1. The van der Waals surface area contributed by atoms with Gasteiger partial charge in [0.2, 0.25) is 0 Å². The third-order valence-corrected chi connectivity index (χ3v) is 4.47. The molecule has 1 aliphatic rings. The molecule has 1 amide bonds. The average Bonchev–Trinajstić information content (AvgIpc) is 3.34. The Balaban J connectivity index is 1.43. The Bertz CT molecular complexity index is 912. The molecule has 1 atom stereocenters. The quantitative estimate of drug-likeness (QED) is 0.784. The van der Waals surface area contributed by atoms with Crippen LogP contribution in [-0.2, 0) is 0 Å². The molecule has 0 aliphatic carbocycles. The molecule has 0 spiro atoms. The van der Waals surface area contributed by atoms with E-state index in [1.54, 1.807) is 30.9 Å². The van der Waals surface area contributed by atoms with Gasteiger partial charge in [0.25, 0.3) is 5.91 Å². The molecule has 0 radical (unpaired) electrons. The summed E-state index contributed by atoms with van der Waals surface area (Å²) in [7, 11) is 0. The lowest BCUT2D eigenvalue weighted by molar-refractivity contribution is 0.0940. The summed E-state index contributed by atoms with van der Waals surface area (Å²) in [5.74, 6) is -0.140. The molecule has 26 heavy (non-hydrogen) atoms. The summed E-state index contributed by atoms with van der Waals surface area (Å²) in [4.78, 5) is 22.6. The van der Waals surface area contributed by atoms with Gasteiger partial charge in [0.05, 0.1) is 6.33 Å². The molecular weight excluding hydrogens is 333 g/mol. The van der Waals surface area contributed by atoms with Gasteiger partial charge in [-0.2, -0.15) is 0 Å². The van der Waals surface area contributed by atoms with E-state index in [0.717, 1.165) is 12.1 Å².